The molecular formula is C11H16FNO5S2. The van der Waals surface area contributed by atoms with Crippen LogP contribution in [0.5, 0.6) is 0 Å². The molecule has 1 aromatic carbocycles. The van der Waals surface area contributed by atoms with Gasteiger partial charge in [-0.2, -0.15) is 8.42 Å². The highest BCUT2D eigenvalue weighted by Crippen LogP contribution is 2.18. The first kappa shape index (κ1) is 17.0. The van der Waals surface area contributed by atoms with E-state index in [0.717, 1.165) is 18.2 Å². The van der Waals surface area contributed by atoms with Crippen LogP contribution in [0.4, 0.5) is 3.89 Å². The van der Waals surface area contributed by atoms with Crippen LogP contribution in [0, 0.1) is 0 Å². The van der Waals surface area contributed by atoms with Gasteiger partial charge in [0.25, 0.3) is 0 Å². The van der Waals surface area contributed by atoms with Gasteiger partial charge in [-0.3, -0.25) is 0 Å². The molecule has 0 radical (unpaired) electrons. The van der Waals surface area contributed by atoms with Crippen molar-refractivity contribution in [2.45, 2.75) is 29.2 Å². The van der Waals surface area contributed by atoms with Crippen LogP contribution in [0.15, 0.2) is 34.1 Å². The van der Waals surface area contributed by atoms with Crippen molar-refractivity contribution in [1.29, 1.82) is 0 Å². The second-order valence-corrected chi connectivity index (χ2v) is 7.82. The molecule has 0 fully saturated rings. The van der Waals surface area contributed by atoms with Gasteiger partial charge in [0.05, 0.1) is 15.4 Å². The van der Waals surface area contributed by atoms with E-state index in [1.54, 1.807) is 13.8 Å². The molecule has 0 aliphatic rings. The molecule has 1 aromatic rings. The Morgan fingerprint density at radius 2 is 1.75 bits per heavy atom. The van der Waals surface area contributed by atoms with Gasteiger partial charge >= 0.3 is 10.2 Å². The predicted molar refractivity (Wildman–Crippen MR) is 71.0 cm³/mol. The Morgan fingerprint density at radius 3 is 2.25 bits per heavy atom. The van der Waals surface area contributed by atoms with Crippen LogP contribution < -0.4 is 4.72 Å². The lowest BCUT2D eigenvalue weighted by Crippen LogP contribution is -2.39. The zero-order chi connectivity index (χ0) is 15.6. The minimum absolute atomic E-state index is 0.0154. The summed E-state index contributed by atoms with van der Waals surface area (Å²) in [7, 11) is -7.46. The van der Waals surface area contributed by atoms with Crippen molar-refractivity contribution in [1.82, 2.24) is 4.72 Å². The molecule has 114 valence electrons. The lowest BCUT2D eigenvalue weighted by Gasteiger charge is -2.23. The molecule has 0 spiro atoms. The van der Waals surface area contributed by atoms with Crippen LogP contribution in [-0.4, -0.2) is 36.1 Å². The predicted octanol–water partition coefficient (Wildman–Crippen LogP) is 1.05. The van der Waals surface area contributed by atoms with Gasteiger partial charge in [0.1, 0.15) is 0 Å². The Labute approximate surface area is 118 Å². The van der Waals surface area contributed by atoms with E-state index in [2.05, 4.69) is 4.72 Å². The molecule has 0 amide bonds. The minimum Gasteiger partial charge on any atom is -0.377 e. The molecule has 6 nitrogen and oxygen atoms in total. The van der Waals surface area contributed by atoms with E-state index in [-0.39, 0.29) is 11.4 Å². The van der Waals surface area contributed by atoms with Gasteiger partial charge in [-0.25, -0.2) is 13.1 Å². The summed E-state index contributed by atoms with van der Waals surface area (Å²) >= 11 is 0. The highest BCUT2D eigenvalue weighted by atomic mass is 32.3. The molecular weight excluding hydrogens is 309 g/mol. The summed E-state index contributed by atoms with van der Waals surface area (Å²) in [4.78, 5) is -1.03. The number of sulfonamides is 1. The van der Waals surface area contributed by atoms with Crippen LogP contribution in [-0.2, 0) is 25.0 Å². The molecule has 0 unspecified atom stereocenters. The first-order chi connectivity index (χ1) is 8.98. The lowest BCUT2D eigenvalue weighted by atomic mass is 10.1. The quantitative estimate of drug-likeness (QED) is 0.790. The molecule has 0 aliphatic carbocycles. The number of benzene rings is 1. The summed E-state index contributed by atoms with van der Waals surface area (Å²) < 4.78 is 65.7. The average molecular weight is 325 g/mol. The van der Waals surface area contributed by atoms with Crippen molar-refractivity contribution in [2.75, 3.05) is 13.7 Å². The summed E-state index contributed by atoms with van der Waals surface area (Å²) in [5.41, 5.74) is -0.725. The Kier molecular flexibility index (Phi) is 4.90. The fourth-order valence-corrected chi connectivity index (χ4v) is 3.04. The van der Waals surface area contributed by atoms with Crippen LogP contribution in [0.1, 0.15) is 13.8 Å². The van der Waals surface area contributed by atoms with E-state index in [9.17, 15) is 20.7 Å². The zero-order valence-corrected chi connectivity index (χ0v) is 12.9. The zero-order valence-electron chi connectivity index (χ0n) is 11.3. The average Bonchev–Trinajstić information content (AvgIpc) is 2.36. The summed E-state index contributed by atoms with van der Waals surface area (Å²) in [5.74, 6) is 0. The molecule has 9 heteroatoms. The third-order valence-corrected chi connectivity index (χ3v) is 4.85. The maximum Gasteiger partial charge on any atom is 0.332 e. The molecule has 1 rings (SSSR count). The Bertz CT molecular complexity index is 683. The van der Waals surface area contributed by atoms with Gasteiger partial charge in [-0.1, -0.05) is 6.07 Å². The van der Waals surface area contributed by atoms with Gasteiger partial charge in [0.15, 0.2) is 0 Å². The highest BCUT2D eigenvalue weighted by Gasteiger charge is 2.23. The third-order valence-electron chi connectivity index (χ3n) is 2.64. The van der Waals surface area contributed by atoms with E-state index in [4.69, 9.17) is 4.74 Å². The third kappa shape index (κ3) is 4.51. The number of methoxy groups -OCH3 is 1. The fourth-order valence-electron chi connectivity index (χ4n) is 1.22. The van der Waals surface area contributed by atoms with Gasteiger partial charge in [0.2, 0.25) is 10.0 Å². The maximum atomic E-state index is 12.9. The van der Waals surface area contributed by atoms with Crippen molar-refractivity contribution < 1.29 is 25.5 Å². The Hall–Kier alpha value is -1.03. The largest absolute Gasteiger partial charge is 0.377 e. The van der Waals surface area contributed by atoms with Gasteiger partial charge in [-0.15, -0.1) is 3.89 Å². The van der Waals surface area contributed by atoms with E-state index < -0.39 is 30.7 Å². The van der Waals surface area contributed by atoms with Crippen LogP contribution in [0.25, 0.3) is 0 Å². The van der Waals surface area contributed by atoms with Gasteiger partial charge < -0.3 is 4.74 Å². The smallest absolute Gasteiger partial charge is 0.332 e. The van der Waals surface area contributed by atoms with E-state index in [1.165, 1.54) is 13.2 Å². The molecule has 0 bridgehead atoms. The van der Waals surface area contributed by atoms with E-state index in [1.807, 2.05) is 0 Å². The standard InChI is InChI=1S/C11H16FNO5S2/c1-11(2,18-3)8-13-20(16,17)10-6-4-5-9(7-10)19(12,14)15/h4-7,13H,8H2,1-3H3. The van der Waals surface area contributed by atoms with Gasteiger partial charge in [-0.05, 0) is 32.0 Å². The molecule has 0 aliphatic heterocycles. The fraction of sp³-hybridized carbons (Fsp3) is 0.455. The molecule has 0 atom stereocenters. The molecule has 0 saturated heterocycles. The molecule has 0 saturated carbocycles. The normalized spacial score (nSPS) is 13.4. The number of hydrogen-bond donors (Lipinski definition) is 1. The van der Waals surface area contributed by atoms with Crippen LogP contribution >= 0.6 is 0 Å². The van der Waals surface area contributed by atoms with Crippen molar-refractivity contribution in [3.8, 4) is 0 Å². The maximum absolute atomic E-state index is 12.9. The molecule has 1 N–H and O–H groups in total. The van der Waals surface area contributed by atoms with Crippen molar-refractivity contribution >= 4 is 20.2 Å². The number of nitrogens with one attached hydrogen (secondary N) is 1. The molecule has 0 heterocycles. The molecule has 0 aromatic heterocycles. The summed E-state index contributed by atoms with van der Waals surface area (Å²) in [6.07, 6.45) is 0. The Morgan fingerprint density at radius 1 is 1.20 bits per heavy atom. The number of ether oxygens (including phenoxy) is 1. The van der Waals surface area contributed by atoms with Gasteiger partial charge in [0, 0.05) is 13.7 Å². The van der Waals surface area contributed by atoms with E-state index >= 15 is 0 Å². The summed E-state index contributed by atoms with van der Waals surface area (Å²) in [5, 5.41) is 0. The molecule has 20 heavy (non-hydrogen) atoms. The lowest BCUT2D eigenvalue weighted by molar-refractivity contribution is 0.0276. The van der Waals surface area contributed by atoms with Crippen molar-refractivity contribution in [2.24, 2.45) is 0 Å². The summed E-state index contributed by atoms with van der Waals surface area (Å²) in [6, 6.07) is 4.07. The van der Waals surface area contributed by atoms with Crippen LogP contribution in [0.2, 0.25) is 0 Å². The van der Waals surface area contributed by atoms with E-state index in [0.29, 0.717) is 0 Å². The van der Waals surface area contributed by atoms with Crippen molar-refractivity contribution in [3.63, 3.8) is 0 Å². The monoisotopic (exact) mass is 325 g/mol. The number of hydrogen-bond acceptors (Lipinski definition) is 5. The van der Waals surface area contributed by atoms with Crippen molar-refractivity contribution in [3.05, 3.63) is 24.3 Å². The SMILES string of the molecule is COC(C)(C)CNS(=O)(=O)c1cccc(S(=O)(=O)F)c1. The highest BCUT2D eigenvalue weighted by molar-refractivity contribution is 7.89. The summed E-state index contributed by atoms with van der Waals surface area (Å²) in [6.45, 7) is 3.34. The second-order valence-electron chi connectivity index (χ2n) is 4.70. The topological polar surface area (TPSA) is 89.5 Å². The minimum atomic E-state index is -4.95. The number of halogens is 1. The first-order valence-electron chi connectivity index (χ1n) is 5.57. The number of rotatable bonds is 6. The van der Waals surface area contributed by atoms with Crippen LogP contribution in [0.3, 0.4) is 0 Å². The second kappa shape index (κ2) is 5.76. The Balaban J connectivity index is 3.05. The first-order valence-corrected chi connectivity index (χ1v) is 8.44.